The second-order valence-electron chi connectivity index (χ2n) is 7.10. The van der Waals surface area contributed by atoms with Crippen LogP contribution in [-0.2, 0) is 16.0 Å². The van der Waals surface area contributed by atoms with Gasteiger partial charge in [0, 0.05) is 29.7 Å². The highest BCUT2D eigenvalue weighted by Crippen LogP contribution is 2.30. The van der Waals surface area contributed by atoms with Crippen molar-refractivity contribution in [1.29, 1.82) is 0 Å². The lowest BCUT2D eigenvalue weighted by Crippen LogP contribution is -2.54. The Balaban J connectivity index is 1.62. The molecule has 8 heteroatoms. The molecule has 0 atom stereocenters. The van der Waals surface area contributed by atoms with E-state index in [1.807, 2.05) is 18.2 Å². The van der Waals surface area contributed by atoms with Crippen molar-refractivity contribution < 1.29 is 9.59 Å². The fourth-order valence-electron chi connectivity index (χ4n) is 3.71. The largest absolute Gasteiger partial charge is 0.371 e. The van der Waals surface area contributed by atoms with Crippen molar-refractivity contribution in [3.63, 3.8) is 0 Å². The molecule has 0 unspecified atom stereocenters. The van der Waals surface area contributed by atoms with Gasteiger partial charge in [-0.1, -0.05) is 17.7 Å². The highest BCUT2D eigenvalue weighted by molar-refractivity contribution is 7.80. The number of nitrogens with zero attached hydrogens (tertiary/aromatic N) is 2. The Labute approximate surface area is 190 Å². The zero-order valence-electron chi connectivity index (χ0n) is 16.0. The van der Waals surface area contributed by atoms with Gasteiger partial charge in [0.15, 0.2) is 5.11 Å². The van der Waals surface area contributed by atoms with Gasteiger partial charge in [-0.15, -0.1) is 11.6 Å². The number of benzene rings is 2. The van der Waals surface area contributed by atoms with E-state index in [2.05, 4.69) is 10.2 Å². The maximum atomic E-state index is 13.1. The van der Waals surface area contributed by atoms with E-state index in [1.165, 1.54) is 16.2 Å². The Morgan fingerprint density at radius 1 is 1.13 bits per heavy atom. The fraction of sp³-hybridized carbons (Fsp3) is 0.227. The molecule has 0 bridgehead atoms. The molecule has 5 nitrogen and oxygen atoms in total. The minimum atomic E-state index is -0.501. The Kier molecular flexibility index (Phi) is 6.09. The van der Waals surface area contributed by atoms with Crippen LogP contribution in [0, 0.1) is 0 Å². The zero-order valence-corrected chi connectivity index (χ0v) is 18.4. The predicted molar refractivity (Wildman–Crippen MR) is 125 cm³/mol. The SMILES string of the molecule is O=C1NC(=S)N(c2ccc(Cl)cc2)C(=O)/C1=C/c1ccc2c(c1)CCN2CCCCl. The molecule has 2 heterocycles. The summed E-state index contributed by atoms with van der Waals surface area (Å²) >= 11 is 17.0. The minimum absolute atomic E-state index is 0.0375. The number of anilines is 2. The lowest BCUT2D eigenvalue weighted by atomic mass is 10.0. The summed E-state index contributed by atoms with van der Waals surface area (Å²) in [6, 6.07) is 12.7. The summed E-state index contributed by atoms with van der Waals surface area (Å²) in [5, 5.41) is 3.20. The molecule has 30 heavy (non-hydrogen) atoms. The van der Waals surface area contributed by atoms with Gasteiger partial charge in [0.2, 0.25) is 0 Å². The van der Waals surface area contributed by atoms with Crippen molar-refractivity contribution in [2.75, 3.05) is 28.8 Å². The summed E-state index contributed by atoms with van der Waals surface area (Å²) in [5.41, 5.74) is 3.77. The molecule has 0 aromatic heterocycles. The van der Waals surface area contributed by atoms with Crippen LogP contribution in [0.3, 0.4) is 0 Å². The Bertz CT molecular complexity index is 1050. The number of carbonyl (C=O) groups is 2. The van der Waals surface area contributed by atoms with Crippen molar-refractivity contribution in [2.24, 2.45) is 0 Å². The Morgan fingerprint density at radius 2 is 1.90 bits per heavy atom. The quantitative estimate of drug-likeness (QED) is 0.315. The number of nitrogens with one attached hydrogen (secondary N) is 1. The summed E-state index contributed by atoms with van der Waals surface area (Å²) in [4.78, 5) is 29.2. The van der Waals surface area contributed by atoms with Gasteiger partial charge in [-0.2, -0.15) is 0 Å². The number of thiocarbonyl (C=S) groups is 1. The van der Waals surface area contributed by atoms with Gasteiger partial charge in [-0.05, 0) is 78.7 Å². The molecule has 1 saturated heterocycles. The first-order valence-corrected chi connectivity index (χ1v) is 10.9. The highest BCUT2D eigenvalue weighted by atomic mass is 35.5. The summed E-state index contributed by atoms with van der Waals surface area (Å²) < 4.78 is 0. The Hall–Kier alpha value is -2.41. The molecule has 0 radical (unpaired) electrons. The first kappa shape index (κ1) is 20.8. The maximum absolute atomic E-state index is 13.1. The minimum Gasteiger partial charge on any atom is -0.371 e. The van der Waals surface area contributed by atoms with Crippen molar-refractivity contribution in [3.05, 3.63) is 64.2 Å². The fourth-order valence-corrected chi connectivity index (χ4v) is 4.24. The van der Waals surface area contributed by atoms with E-state index in [0.29, 0.717) is 16.6 Å². The molecule has 2 aliphatic heterocycles. The van der Waals surface area contributed by atoms with E-state index >= 15 is 0 Å². The van der Waals surface area contributed by atoms with Crippen LogP contribution in [0.1, 0.15) is 17.5 Å². The smallest absolute Gasteiger partial charge is 0.270 e. The van der Waals surface area contributed by atoms with Crippen LogP contribution in [0.25, 0.3) is 6.08 Å². The molecule has 2 amide bonds. The van der Waals surface area contributed by atoms with E-state index in [9.17, 15) is 9.59 Å². The Morgan fingerprint density at radius 3 is 2.63 bits per heavy atom. The van der Waals surface area contributed by atoms with E-state index < -0.39 is 11.8 Å². The number of hydrogen-bond donors (Lipinski definition) is 1. The predicted octanol–water partition coefficient (Wildman–Crippen LogP) is 4.16. The van der Waals surface area contributed by atoms with Crippen LogP contribution >= 0.6 is 35.4 Å². The van der Waals surface area contributed by atoms with Crippen LogP contribution in [0.4, 0.5) is 11.4 Å². The highest BCUT2D eigenvalue weighted by Gasteiger charge is 2.34. The zero-order chi connectivity index (χ0) is 21.3. The molecular weight excluding hydrogens is 441 g/mol. The average Bonchev–Trinajstić information content (AvgIpc) is 3.13. The van der Waals surface area contributed by atoms with Crippen molar-refractivity contribution in [2.45, 2.75) is 12.8 Å². The van der Waals surface area contributed by atoms with Crippen LogP contribution in [-0.4, -0.2) is 35.9 Å². The van der Waals surface area contributed by atoms with Gasteiger partial charge in [0.05, 0.1) is 5.69 Å². The second kappa shape index (κ2) is 8.76. The standard InChI is InChI=1S/C22H19Cl2N3O2S/c23-9-1-10-26-11-8-15-12-14(2-7-19(15)26)13-18-20(28)25-22(30)27(21(18)29)17-5-3-16(24)4-6-17/h2-7,12-13H,1,8-11H2,(H,25,28,30)/b18-13+. The molecule has 2 aliphatic rings. The summed E-state index contributed by atoms with van der Waals surface area (Å²) in [5.74, 6) is -0.325. The first-order valence-electron chi connectivity index (χ1n) is 9.59. The third kappa shape index (κ3) is 4.08. The molecule has 2 aromatic carbocycles. The number of rotatable bonds is 5. The van der Waals surface area contributed by atoms with Gasteiger partial charge in [0.1, 0.15) is 5.57 Å². The maximum Gasteiger partial charge on any atom is 0.270 e. The van der Waals surface area contributed by atoms with Gasteiger partial charge >= 0.3 is 0 Å². The normalized spacial score (nSPS) is 17.5. The van der Waals surface area contributed by atoms with Crippen LogP contribution in [0.2, 0.25) is 5.02 Å². The topological polar surface area (TPSA) is 52.7 Å². The molecule has 1 N–H and O–H groups in total. The van der Waals surface area contributed by atoms with Crippen LogP contribution in [0.15, 0.2) is 48.0 Å². The number of fused-ring (bicyclic) bond motifs is 1. The van der Waals surface area contributed by atoms with Crippen LogP contribution < -0.4 is 15.1 Å². The summed E-state index contributed by atoms with van der Waals surface area (Å²) in [6.45, 7) is 1.87. The molecule has 2 aromatic rings. The second-order valence-corrected chi connectivity index (χ2v) is 8.30. The third-order valence-electron chi connectivity index (χ3n) is 5.15. The number of halogens is 2. The first-order chi connectivity index (χ1) is 14.5. The lowest BCUT2D eigenvalue weighted by molar-refractivity contribution is -0.122. The molecule has 0 saturated carbocycles. The number of hydrogen-bond acceptors (Lipinski definition) is 4. The summed E-state index contributed by atoms with van der Waals surface area (Å²) in [7, 11) is 0. The van der Waals surface area contributed by atoms with E-state index in [-0.39, 0.29) is 10.7 Å². The average molecular weight is 460 g/mol. The molecule has 154 valence electrons. The van der Waals surface area contributed by atoms with E-state index in [1.54, 1.807) is 30.3 Å². The molecule has 4 rings (SSSR count). The van der Waals surface area contributed by atoms with Gasteiger partial charge < -0.3 is 4.90 Å². The van der Waals surface area contributed by atoms with Gasteiger partial charge in [-0.3, -0.25) is 19.8 Å². The van der Waals surface area contributed by atoms with Gasteiger partial charge in [0.25, 0.3) is 11.8 Å². The molecular formula is C22H19Cl2N3O2S. The van der Waals surface area contributed by atoms with Crippen molar-refractivity contribution in [3.8, 4) is 0 Å². The number of amides is 2. The summed E-state index contributed by atoms with van der Waals surface area (Å²) in [6.07, 6.45) is 3.47. The van der Waals surface area contributed by atoms with E-state index in [4.69, 9.17) is 35.4 Å². The number of carbonyl (C=O) groups excluding carboxylic acids is 2. The molecule has 0 aliphatic carbocycles. The van der Waals surface area contributed by atoms with Gasteiger partial charge in [-0.25, -0.2) is 0 Å². The number of alkyl halides is 1. The molecule has 0 spiro atoms. The van der Waals surface area contributed by atoms with Crippen LogP contribution in [0.5, 0.6) is 0 Å². The molecule has 1 fully saturated rings. The monoisotopic (exact) mass is 459 g/mol. The lowest BCUT2D eigenvalue weighted by Gasteiger charge is -2.29. The third-order valence-corrected chi connectivity index (χ3v) is 5.96. The van der Waals surface area contributed by atoms with Crippen molar-refractivity contribution >= 4 is 69.8 Å². The van der Waals surface area contributed by atoms with Crippen molar-refractivity contribution in [1.82, 2.24) is 5.32 Å². The van der Waals surface area contributed by atoms with E-state index in [0.717, 1.165) is 31.5 Å².